The molecule has 1 N–H and O–H groups in total. The Labute approximate surface area is 93.2 Å². The van der Waals surface area contributed by atoms with Crippen molar-refractivity contribution in [2.75, 3.05) is 6.54 Å². The van der Waals surface area contributed by atoms with E-state index < -0.39 is 0 Å². The minimum Gasteiger partial charge on any atom is -0.310 e. The van der Waals surface area contributed by atoms with E-state index >= 15 is 0 Å². The highest BCUT2D eigenvalue weighted by atomic mass is 32.1. The zero-order valence-electron chi connectivity index (χ0n) is 8.39. The van der Waals surface area contributed by atoms with Gasteiger partial charge in [-0.1, -0.05) is 6.07 Å². The summed E-state index contributed by atoms with van der Waals surface area (Å²) in [5, 5.41) is 6.48. The molecule has 0 saturated carbocycles. The minimum atomic E-state index is 0.852. The first-order chi connectivity index (χ1) is 7.45. The van der Waals surface area contributed by atoms with Crippen molar-refractivity contribution in [3.8, 4) is 0 Å². The van der Waals surface area contributed by atoms with Crippen molar-refractivity contribution in [2.45, 2.75) is 13.0 Å². The number of pyridine rings is 1. The number of thiazole rings is 1. The van der Waals surface area contributed by atoms with Gasteiger partial charge in [0.25, 0.3) is 0 Å². The molecule has 0 aromatic carbocycles. The molecule has 78 valence electrons. The molecule has 15 heavy (non-hydrogen) atoms. The van der Waals surface area contributed by atoms with Gasteiger partial charge in [-0.25, -0.2) is 4.98 Å². The highest BCUT2D eigenvalue weighted by Gasteiger charge is 1.95. The van der Waals surface area contributed by atoms with E-state index in [-0.39, 0.29) is 0 Å². The molecular formula is C11H13N3S. The summed E-state index contributed by atoms with van der Waals surface area (Å²) < 4.78 is 0. The smallest absolute Gasteiger partial charge is 0.106 e. The first kappa shape index (κ1) is 10.3. The number of nitrogens with one attached hydrogen (secondary N) is 1. The third-order valence-electron chi connectivity index (χ3n) is 2.04. The molecule has 4 heteroatoms. The third-order valence-corrected chi connectivity index (χ3v) is 2.82. The van der Waals surface area contributed by atoms with E-state index in [9.17, 15) is 0 Å². The van der Waals surface area contributed by atoms with Crippen molar-refractivity contribution >= 4 is 11.3 Å². The van der Waals surface area contributed by atoms with Gasteiger partial charge in [0.15, 0.2) is 0 Å². The molecule has 0 aliphatic heterocycles. The predicted molar refractivity (Wildman–Crippen MR) is 61.8 cm³/mol. The van der Waals surface area contributed by atoms with Crippen LogP contribution in [0.15, 0.2) is 36.0 Å². The monoisotopic (exact) mass is 219 g/mol. The quantitative estimate of drug-likeness (QED) is 0.780. The van der Waals surface area contributed by atoms with Gasteiger partial charge in [-0.15, -0.1) is 11.3 Å². The van der Waals surface area contributed by atoms with Gasteiger partial charge in [0.1, 0.15) is 5.01 Å². The van der Waals surface area contributed by atoms with E-state index in [4.69, 9.17) is 0 Å². The molecule has 0 radical (unpaired) electrons. The molecule has 0 saturated heterocycles. The molecular weight excluding hydrogens is 206 g/mol. The minimum absolute atomic E-state index is 0.852. The number of nitrogens with zero attached hydrogens (tertiary/aromatic N) is 2. The molecule has 3 nitrogen and oxygen atoms in total. The van der Waals surface area contributed by atoms with Crippen LogP contribution in [0, 0.1) is 0 Å². The number of hydrogen-bond donors (Lipinski definition) is 1. The van der Waals surface area contributed by atoms with Crippen LogP contribution in [0.2, 0.25) is 0 Å². The maximum Gasteiger partial charge on any atom is 0.106 e. The summed E-state index contributed by atoms with van der Waals surface area (Å²) in [4.78, 5) is 8.46. The summed E-state index contributed by atoms with van der Waals surface area (Å²) in [5.41, 5.74) is 1.13. The molecule has 0 unspecified atom stereocenters. The predicted octanol–water partition coefficient (Wildman–Crippen LogP) is 1.87. The van der Waals surface area contributed by atoms with E-state index in [2.05, 4.69) is 15.3 Å². The Morgan fingerprint density at radius 2 is 2.20 bits per heavy atom. The Kier molecular flexibility index (Phi) is 3.82. The van der Waals surface area contributed by atoms with Crippen LogP contribution in [0.3, 0.4) is 0 Å². The Balaban J connectivity index is 1.68. The SMILES string of the molecule is c1ccc(CCNCc2nccs2)nc1. The number of aromatic nitrogens is 2. The lowest BCUT2D eigenvalue weighted by Gasteiger charge is -2.01. The second-order valence-corrected chi connectivity index (χ2v) is 4.15. The average Bonchev–Trinajstić information content (AvgIpc) is 2.79. The van der Waals surface area contributed by atoms with E-state index in [1.54, 1.807) is 11.3 Å². The maximum absolute atomic E-state index is 4.26. The van der Waals surface area contributed by atoms with Crippen LogP contribution in [0.5, 0.6) is 0 Å². The Hall–Kier alpha value is -1.26. The van der Waals surface area contributed by atoms with E-state index in [0.29, 0.717) is 0 Å². The van der Waals surface area contributed by atoms with Crippen LogP contribution in [-0.2, 0) is 13.0 Å². The van der Waals surface area contributed by atoms with Gasteiger partial charge in [-0.3, -0.25) is 4.98 Å². The van der Waals surface area contributed by atoms with Gasteiger partial charge >= 0.3 is 0 Å². The van der Waals surface area contributed by atoms with Crippen LogP contribution in [-0.4, -0.2) is 16.5 Å². The lowest BCUT2D eigenvalue weighted by molar-refractivity contribution is 0.677. The fraction of sp³-hybridized carbons (Fsp3) is 0.273. The van der Waals surface area contributed by atoms with Crippen molar-refractivity contribution < 1.29 is 0 Å². The zero-order chi connectivity index (χ0) is 10.3. The molecule has 0 aliphatic carbocycles. The molecule has 0 spiro atoms. The molecule has 2 heterocycles. The van der Waals surface area contributed by atoms with E-state index in [1.165, 1.54) is 0 Å². The maximum atomic E-state index is 4.26. The topological polar surface area (TPSA) is 37.8 Å². The molecule has 0 amide bonds. The number of rotatable bonds is 5. The Morgan fingerprint density at radius 3 is 2.93 bits per heavy atom. The van der Waals surface area contributed by atoms with Crippen molar-refractivity contribution in [1.29, 1.82) is 0 Å². The van der Waals surface area contributed by atoms with Crippen LogP contribution < -0.4 is 5.32 Å². The van der Waals surface area contributed by atoms with Gasteiger partial charge in [-0.05, 0) is 12.1 Å². The van der Waals surface area contributed by atoms with Crippen LogP contribution in [0.1, 0.15) is 10.7 Å². The summed E-state index contributed by atoms with van der Waals surface area (Å²) >= 11 is 1.68. The molecule has 2 aromatic heterocycles. The van der Waals surface area contributed by atoms with Crippen molar-refractivity contribution in [3.63, 3.8) is 0 Å². The van der Waals surface area contributed by atoms with Crippen molar-refractivity contribution in [1.82, 2.24) is 15.3 Å². The van der Waals surface area contributed by atoms with Gasteiger partial charge in [-0.2, -0.15) is 0 Å². The van der Waals surface area contributed by atoms with Gasteiger partial charge in [0, 0.05) is 43.0 Å². The fourth-order valence-corrected chi connectivity index (χ4v) is 1.88. The lowest BCUT2D eigenvalue weighted by atomic mass is 10.3. The standard InChI is InChI=1S/C11H13N3S/c1-2-5-13-10(3-1)4-6-12-9-11-14-7-8-15-11/h1-3,5,7-8,12H,4,6,9H2. The summed E-state index contributed by atoms with van der Waals surface area (Å²) in [5.74, 6) is 0. The largest absolute Gasteiger partial charge is 0.310 e. The normalized spacial score (nSPS) is 10.4. The second-order valence-electron chi connectivity index (χ2n) is 3.17. The zero-order valence-corrected chi connectivity index (χ0v) is 9.20. The first-order valence-electron chi connectivity index (χ1n) is 4.94. The van der Waals surface area contributed by atoms with Crippen LogP contribution in [0.25, 0.3) is 0 Å². The molecule has 0 fully saturated rings. The van der Waals surface area contributed by atoms with Crippen molar-refractivity contribution in [2.24, 2.45) is 0 Å². The molecule has 0 atom stereocenters. The summed E-state index contributed by atoms with van der Waals surface area (Å²) in [6.07, 6.45) is 4.63. The summed E-state index contributed by atoms with van der Waals surface area (Å²) in [6, 6.07) is 6.00. The van der Waals surface area contributed by atoms with Crippen LogP contribution in [0.4, 0.5) is 0 Å². The van der Waals surface area contributed by atoms with E-state index in [0.717, 1.165) is 30.2 Å². The fourth-order valence-electron chi connectivity index (χ4n) is 1.30. The highest BCUT2D eigenvalue weighted by molar-refractivity contribution is 7.09. The molecule has 0 bridgehead atoms. The molecule has 2 rings (SSSR count). The molecule has 2 aromatic rings. The highest BCUT2D eigenvalue weighted by Crippen LogP contribution is 2.02. The van der Waals surface area contributed by atoms with Gasteiger partial charge in [0.05, 0.1) is 0 Å². The summed E-state index contributed by atoms with van der Waals surface area (Å²) in [7, 11) is 0. The third kappa shape index (κ3) is 3.42. The van der Waals surface area contributed by atoms with Gasteiger partial charge in [0.2, 0.25) is 0 Å². The molecule has 0 aliphatic rings. The second kappa shape index (κ2) is 5.58. The average molecular weight is 219 g/mol. The lowest BCUT2D eigenvalue weighted by Crippen LogP contribution is -2.16. The van der Waals surface area contributed by atoms with Crippen molar-refractivity contribution in [3.05, 3.63) is 46.7 Å². The number of hydrogen-bond acceptors (Lipinski definition) is 4. The van der Waals surface area contributed by atoms with E-state index in [1.807, 2.05) is 36.0 Å². The summed E-state index contributed by atoms with van der Waals surface area (Å²) in [6.45, 7) is 1.79. The van der Waals surface area contributed by atoms with Crippen LogP contribution >= 0.6 is 11.3 Å². The first-order valence-corrected chi connectivity index (χ1v) is 5.82. The Bertz CT molecular complexity index is 372. The Morgan fingerprint density at radius 1 is 1.20 bits per heavy atom. The van der Waals surface area contributed by atoms with Gasteiger partial charge < -0.3 is 5.32 Å².